The minimum Gasteiger partial charge on any atom is -0.330 e. The SMILES string of the molecule is CCC(CC)(CN)Cc1ccccc1C. The Kier molecular flexibility index (Phi) is 4.34. The Morgan fingerprint density at radius 1 is 1.13 bits per heavy atom. The molecule has 2 N–H and O–H groups in total. The van der Waals surface area contributed by atoms with Gasteiger partial charge in [-0.2, -0.15) is 0 Å². The Balaban J connectivity index is 2.88. The van der Waals surface area contributed by atoms with Crippen molar-refractivity contribution in [3.8, 4) is 0 Å². The van der Waals surface area contributed by atoms with Crippen LogP contribution in [-0.2, 0) is 6.42 Å². The van der Waals surface area contributed by atoms with E-state index in [0.717, 1.165) is 25.8 Å². The maximum atomic E-state index is 5.93. The van der Waals surface area contributed by atoms with E-state index in [-0.39, 0.29) is 0 Å². The first kappa shape index (κ1) is 12.3. The highest BCUT2D eigenvalue weighted by atomic mass is 14.6. The molecule has 84 valence electrons. The lowest BCUT2D eigenvalue weighted by atomic mass is 9.76. The van der Waals surface area contributed by atoms with Crippen LogP contribution in [0.5, 0.6) is 0 Å². The third-order valence-corrected chi connectivity index (χ3v) is 3.76. The highest BCUT2D eigenvalue weighted by molar-refractivity contribution is 5.26. The molecule has 1 nitrogen and oxygen atoms in total. The van der Waals surface area contributed by atoms with E-state index in [4.69, 9.17) is 5.73 Å². The number of aryl methyl sites for hydroxylation is 1. The number of nitrogens with two attached hydrogens (primary N) is 1. The van der Waals surface area contributed by atoms with Crippen LogP contribution in [0, 0.1) is 12.3 Å². The van der Waals surface area contributed by atoms with Crippen LogP contribution in [0.1, 0.15) is 37.8 Å². The van der Waals surface area contributed by atoms with E-state index >= 15 is 0 Å². The molecule has 0 aliphatic rings. The molecule has 15 heavy (non-hydrogen) atoms. The first-order valence-electron chi connectivity index (χ1n) is 5.92. The van der Waals surface area contributed by atoms with Crippen LogP contribution in [0.15, 0.2) is 24.3 Å². The first-order valence-corrected chi connectivity index (χ1v) is 5.92. The lowest BCUT2D eigenvalue weighted by Crippen LogP contribution is -2.31. The van der Waals surface area contributed by atoms with Crippen molar-refractivity contribution < 1.29 is 0 Å². The topological polar surface area (TPSA) is 26.0 Å². The summed E-state index contributed by atoms with van der Waals surface area (Å²) in [6.45, 7) is 7.46. The minimum atomic E-state index is 0.298. The Morgan fingerprint density at radius 3 is 2.20 bits per heavy atom. The first-order chi connectivity index (χ1) is 7.17. The van der Waals surface area contributed by atoms with Gasteiger partial charge in [-0.1, -0.05) is 38.1 Å². The summed E-state index contributed by atoms with van der Waals surface area (Å²) in [5.74, 6) is 0. The van der Waals surface area contributed by atoms with Crippen LogP contribution in [0.2, 0.25) is 0 Å². The van der Waals surface area contributed by atoms with Crippen LogP contribution in [0.3, 0.4) is 0 Å². The summed E-state index contributed by atoms with van der Waals surface area (Å²) in [5.41, 5.74) is 9.06. The lowest BCUT2D eigenvalue weighted by molar-refractivity contribution is 0.271. The van der Waals surface area contributed by atoms with Crippen LogP contribution in [-0.4, -0.2) is 6.54 Å². The second-order valence-corrected chi connectivity index (χ2v) is 4.51. The van der Waals surface area contributed by atoms with E-state index in [1.165, 1.54) is 11.1 Å². The molecule has 1 heteroatoms. The van der Waals surface area contributed by atoms with E-state index in [0.29, 0.717) is 5.41 Å². The highest BCUT2D eigenvalue weighted by Crippen LogP contribution is 2.30. The summed E-state index contributed by atoms with van der Waals surface area (Å²) in [4.78, 5) is 0. The van der Waals surface area contributed by atoms with Crippen LogP contribution >= 0.6 is 0 Å². The fourth-order valence-electron chi connectivity index (χ4n) is 2.07. The van der Waals surface area contributed by atoms with Gasteiger partial charge >= 0.3 is 0 Å². The summed E-state index contributed by atoms with van der Waals surface area (Å²) < 4.78 is 0. The Labute approximate surface area is 93.7 Å². The molecule has 0 spiro atoms. The van der Waals surface area contributed by atoms with Crippen LogP contribution in [0.25, 0.3) is 0 Å². The molecule has 0 saturated carbocycles. The second-order valence-electron chi connectivity index (χ2n) is 4.51. The summed E-state index contributed by atoms with van der Waals surface area (Å²) in [7, 11) is 0. The molecule has 0 aliphatic carbocycles. The van der Waals surface area contributed by atoms with E-state index < -0.39 is 0 Å². The Hall–Kier alpha value is -0.820. The third-order valence-electron chi connectivity index (χ3n) is 3.76. The van der Waals surface area contributed by atoms with Gasteiger partial charge in [0, 0.05) is 0 Å². The van der Waals surface area contributed by atoms with Crippen molar-refractivity contribution >= 4 is 0 Å². The molecule has 0 atom stereocenters. The fourth-order valence-corrected chi connectivity index (χ4v) is 2.07. The predicted octanol–water partition coefficient (Wildman–Crippen LogP) is 3.30. The van der Waals surface area contributed by atoms with Gasteiger partial charge in [0.05, 0.1) is 0 Å². The van der Waals surface area contributed by atoms with Gasteiger partial charge in [0.1, 0.15) is 0 Å². The van der Waals surface area contributed by atoms with Gasteiger partial charge in [0.2, 0.25) is 0 Å². The number of benzene rings is 1. The molecule has 0 aromatic heterocycles. The average molecular weight is 205 g/mol. The van der Waals surface area contributed by atoms with Crippen molar-refractivity contribution in [2.75, 3.05) is 6.54 Å². The molecule has 0 saturated heterocycles. The zero-order valence-corrected chi connectivity index (χ0v) is 10.2. The van der Waals surface area contributed by atoms with Gasteiger partial charge in [0.15, 0.2) is 0 Å². The molecule has 0 radical (unpaired) electrons. The van der Waals surface area contributed by atoms with Crippen molar-refractivity contribution in [3.05, 3.63) is 35.4 Å². The monoisotopic (exact) mass is 205 g/mol. The van der Waals surface area contributed by atoms with Crippen molar-refractivity contribution in [1.82, 2.24) is 0 Å². The van der Waals surface area contributed by atoms with Gasteiger partial charge in [0.25, 0.3) is 0 Å². The predicted molar refractivity (Wildman–Crippen MR) is 67.0 cm³/mol. The van der Waals surface area contributed by atoms with E-state index in [1.807, 2.05) is 0 Å². The van der Waals surface area contributed by atoms with Gasteiger partial charge < -0.3 is 5.73 Å². The molecule has 1 rings (SSSR count). The van der Waals surface area contributed by atoms with Crippen molar-refractivity contribution in [2.45, 2.75) is 40.0 Å². The Morgan fingerprint density at radius 2 is 1.73 bits per heavy atom. The number of rotatable bonds is 5. The molecule has 0 amide bonds. The number of hydrogen-bond acceptors (Lipinski definition) is 1. The molecular formula is C14H23N. The molecule has 0 heterocycles. The quantitative estimate of drug-likeness (QED) is 0.784. The molecular weight excluding hydrogens is 182 g/mol. The zero-order valence-electron chi connectivity index (χ0n) is 10.2. The summed E-state index contributed by atoms with van der Waals surface area (Å²) >= 11 is 0. The normalized spacial score (nSPS) is 11.7. The van der Waals surface area contributed by atoms with Gasteiger partial charge in [-0.15, -0.1) is 0 Å². The lowest BCUT2D eigenvalue weighted by Gasteiger charge is -2.30. The molecule has 1 aromatic carbocycles. The molecule has 0 bridgehead atoms. The maximum Gasteiger partial charge on any atom is -0.00175 e. The van der Waals surface area contributed by atoms with Crippen molar-refractivity contribution in [3.63, 3.8) is 0 Å². The van der Waals surface area contributed by atoms with E-state index in [2.05, 4.69) is 45.0 Å². The van der Waals surface area contributed by atoms with Gasteiger partial charge in [-0.05, 0) is 49.3 Å². The van der Waals surface area contributed by atoms with Crippen LogP contribution < -0.4 is 5.73 Å². The zero-order chi connectivity index (χ0) is 11.3. The van der Waals surface area contributed by atoms with E-state index in [9.17, 15) is 0 Å². The number of hydrogen-bond donors (Lipinski definition) is 1. The van der Waals surface area contributed by atoms with Crippen molar-refractivity contribution in [1.29, 1.82) is 0 Å². The minimum absolute atomic E-state index is 0.298. The second kappa shape index (κ2) is 5.32. The largest absolute Gasteiger partial charge is 0.330 e. The van der Waals surface area contributed by atoms with E-state index in [1.54, 1.807) is 0 Å². The van der Waals surface area contributed by atoms with Gasteiger partial charge in [-0.3, -0.25) is 0 Å². The van der Waals surface area contributed by atoms with Crippen molar-refractivity contribution in [2.24, 2.45) is 11.1 Å². The van der Waals surface area contributed by atoms with Crippen LogP contribution in [0.4, 0.5) is 0 Å². The molecule has 0 aliphatic heterocycles. The summed E-state index contributed by atoms with van der Waals surface area (Å²) in [5, 5.41) is 0. The molecule has 1 aromatic rings. The highest BCUT2D eigenvalue weighted by Gasteiger charge is 2.24. The average Bonchev–Trinajstić information content (AvgIpc) is 2.29. The summed E-state index contributed by atoms with van der Waals surface area (Å²) in [6, 6.07) is 8.63. The molecule has 0 fully saturated rings. The Bertz CT molecular complexity index is 292. The van der Waals surface area contributed by atoms with Gasteiger partial charge in [-0.25, -0.2) is 0 Å². The fraction of sp³-hybridized carbons (Fsp3) is 0.571. The molecule has 0 unspecified atom stereocenters. The smallest absolute Gasteiger partial charge is 0.00175 e. The third kappa shape index (κ3) is 2.82. The maximum absolute atomic E-state index is 5.93. The summed E-state index contributed by atoms with van der Waals surface area (Å²) in [6.07, 6.45) is 3.44. The standard InChI is InChI=1S/C14H23N/c1-4-14(5-2,11-15)10-13-9-7-6-8-12(13)3/h6-9H,4-5,10-11,15H2,1-3H3.